The number of rotatable bonds is 2. The van der Waals surface area contributed by atoms with Crippen molar-refractivity contribution in [3.8, 4) is 0 Å². The molecule has 1 fully saturated rings. The predicted molar refractivity (Wildman–Crippen MR) is 64.5 cm³/mol. The van der Waals surface area contributed by atoms with Crippen LogP contribution in [-0.4, -0.2) is 16.2 Å². The van der Waals surface area contributed by atoms with E-state index in [1.54, 1.807) is 0 Å². The van der Waals surface area contributed by atoms with Gasteiger partial charge in [-0.3, -0.25) is 0 Å². The van der Waals surface area contributed by atoms with Crippen molar-refractivity contribution >= 4 is 16.5 Å². The van der Waals surface area contributed by atoms with Crippen LogP contribution < -0.4 is 5.32 Å². The highest BCUT2D eigenvalue weighted by Crippen LogP contribution is 2.35. The van der Waals surface area contributed by atoms with Gasteiger partial charge in [0.05, 0.1) is 0 Å². The number of nitrogens with zero attached hydrogens (tertiary/aromatic N) is 2. The molecule has 0 spiro atoms. The quantitative estimate of drug-likeness (QED) is 0.895. The Morgan fingerprint density at radius 2 is 1.72 bits per heavy atom. The lowest BCUT2D eigenvalue weighted by atomic mass is 9.80. The van der Waals surface area contributed by atoms with Gasteiger partial charge in [-0.25, -0.2) is 0 Å². The first-order valence-corrected chi connectivity index (χ1v) is 6.83. The number of hydrogen-bond donors (Lipinski definition) is 1. The van der Waals surface area contributed by atoms with Crippen LogP contribution in [0.25, 0.3) is 0 Å². The molecule has 1 aliphatic rings. The van der Waals surface area contributed by atoms with E-state index >= 15 is 0 Å². The first-order chi connectivity index (χ1) is 8.34. The normalized spacial score (nSPS) is 29.3. The summed E-state index contributed by atoms with van der Waals surface area (Å²) in [6.07, 6.45) is -1.26. The number of hydrogen-bond acceptors (Lipinski definition) is 4. The molecule has 18 heavy (non-hydrogen) atoms. The lowest BCUT2D eigenvalue weighted by Crippen LogP contribution is -2.30. The maximum absolute atomic E-state index is 12.4. The Kier molecular flexibility index (Phi) is 3.79. The average Bonchev–Trinajstić information content (AvgIpc) is 2.63. The van der Waals surface area contributed by atoms with Crippen molar-refractivity contribution in [2.45, 2.75) is 45.3 Å². The molecule has 1 N–H and O–H groups in total. The van der Waals surface area contributed by atoms with Crippen molar-refractivity contribution in [3.05, 3.63) is 5.01 Å². The van der Waals surface area contributed by atoms with Gasteiger partial charge in [-0.15, -0.1) is 10.2 Å². The van der Waals surface area contributed by atoms with Crippen molar-refractivity contribution in [2.24, 2.45) is 11.8 Å². The second kappa shape index (κ2) is 5.03. The maximum Gasteiger partial charge on any atom is 0.445 e. The van der Waals surface area contributed by atoms with Crippen LogP contribution in [0.15, 0.2) is 0 Å². The summed E-state index contributed by atoms with van der Waals surface area (Å²) in [6.45, 7) is 4.34. The fourth-order valence-electron chi connectivity index (χ4n) is 2.64. The number of halogens is 3. The van der Waals surface area contributed by atoms with E-state index in [1.165, 1.54) is 6.42 Å². The molecule has 7 heteroatoms. The minimum absolute atomic E-state index is 0.206. The van der Waals surface area contributed by atoms with Crippen LogP contribution in [0.5, 0.6) is 0 Å². The van der Waals surface area contributed by atoms with Gasteiger partial charge in [-0.2, -0.15) is 13.2 Å². The SMILES string of the molecule is CC1CC(C)CC(Nc2nnc(C(F)(F)F)s2)C1. The number of anilines is 1. The van der Waals surface area contributed by atoms with Gasteiger partial charge in [0, 0.05) is 6.04 Å². The highest BCUT2D eigenvalue weighted by molar-refractivity contribution is 7.15. The fourth-order valence-corrected chi connectivity index (χ4v) is 3.32. The summed E-state index contributed by atoms with van der Waals surface area (Å²) in [5, 5.41) is 9.20. The lowest BCUT2D eigenvalue weighted by Gasteiger charge is -2.31. The number of aromatic nitrogens is 2. The van der Waals surface area contributed by atoms with Crippen LogP contribution >= 0.6 is 11.3 Å². The molecule has 3 nitrogen and oxygen atoms in total. The second-order valence-corrected chi connectivity index (χ2v) is 6.15. The van der Waals surface area contributed by atoms with Crippen molar-refractivity contribution < 1.29 is 13.2 Å². The summed E-state index contributed by atoms with van der Waals surface area (Å²) in [6, 6.07) is 0.206. The van der Waals surface area contributed by atoms with Gasteiger partial charge in [0.15, 0.2) is 0 Å². The molecule has 0 radical (unpaired) electrons. The highest BCUT2D eigenvalue weighted by Gasteiger charge is 2.36. The average molecular weight is 279 g/mol. The molecule has 1 aliphatic carbocycles. The minimum Gasteiger partial charge on any atom is -0.357 e. The van der Waals surface area contributed by atoms with Crippen molar-refractivity contribution in [3.63, 3.8) is 0 Å². The molecule has 1 heterocycles. The molecule has 0 amide bonds. The second-order valence-electron chi connectivity index (χ2n) is 5.17. The largest absolute Gasteiger partial charge is 0.445 e. The van der Waals surface area contributed by atoms with Gasteiger partial charge in [0.1, 0.15) is 0 Å². The van der Waals surface area contributed by atoms with E-state index in [4.69, 9.17) is 0 Å². The van der Waals surface area contributed by atoms with E-state index in [0.29, 0.717) is 23.2 Å². The smallest absolute Gasteiger partial charge is 0.357 e. The van der Waals surface area contributed by atoms with Crippen LogP contribution in [-0.2, 0) is 6.18 Å². The Labute approximate surface area is 108 Å². The van der Waals surface area contributed by atoms with Gasteiger partial charge < -0.3 is 5.32 Å². The van der Waals surface area contributed by atoms with Crippen molar-refractivity contribution in [1.29, 1.82) is 0 Å². The summed E-state index contributed by atoms with van der Waals surface area (Å²) >= 11 is 0.578. The molecule has 2 atom stereocenters. The molecule has 102 valence electrons. The van der Waals surface area contributed by atoms with Crippen molar-refractivity contribution in [2.75, 3.05) is 5.32 Å². The fraction of sp³-hybridized carbons (Fsp3) is 0.818. The van der Waals surface area contributed by atoms with E-state index in [2.05, 4.69) is 29.4 Å². The molecular weight excluding hydrogens is 263 g/mol. The molecule has 2 rings (SSSR count). The van der Waals surface area contributed by atoms with E-state index in [-0.39, 0.29) is 11.2 Å². The molecule has 1 saturated carbocycles. The summed E-state index contributed by atoms with van der Waals surface area (Å²) in [5.74, 6) is 1.20. The Balaban J connectivity index is 1.99. The van der Waals surface area contributed by atoms with E-state index in [0.717, 1.165) is 12.8 Å². The van der Waals surface area contributed by atoms with Crippen LogP contribution in [0.4, 0.5) is 18.3 Å². The maximum atomic E-state index is 12.4. The monoisotopic (exact) mass is 279 g/mol. The van der Waals surface area contributed by atoms with Gasteiger partial charge in [-0.05, 0) is 31.1 Å². The zero-order valence-electron chi connectivity index (χ0n) is 10.3. The van der Waals surface area contributed by atoms with Crippen molar-refractivity contribution in [1.82, 2.24) is 10.2 Å². The number of alkyl halides is 3. The molecule has 0 bridgehead atoms. The molecule has 1 aromatic rings. The predicted octanol–water partition coefficient (Wildman–Crippen LogP) is 3.79. The summed E-state index contributed by atoms with van der Waals surface area (Å²) in [7, 11) is 0. The molecule has 0 saturated heterocycles. The summed E-state index contributed by atoms with van der Waals surface area (Å²) in [4.78, 5) is 0. The molecule has 0 aromatic carbocycles. The standard InChI is InChI=1S/C11H16F3N3S/c1-6-3-7(2)5-8(4-6)15-10-17-16-9(18-10)11(12,13)14/h6-8H,3-5H2,1-2H3,(H,15,17). The van der Waals surface area contributed by atoms with Gasteiger partial charge in [0.25, 0.3) is 0 Å². The van der Waals surface area contributed by atoms with Crippen LogP contribution in [0, 0.1) is 11.8 Å². The molecule has 0 aliphatic heterocycles. The highest BCUT2D eigenvalue weighted by atomic mass is 32.1. The first-order valence-electron chi connectivity index (χ1n) is 6.02. The Bertz CT molecular complexity index is 394. The first kappa shape index (κ1) is 13.6. The third-order valence-corrected chi connectivity index (χ3v) is 4.07. The summed E-state index contributed by atoms with van der Waals surface area (Å²) in [5.41, 5.74) is 0. The third kappa shape index (κ3) is 3.34. The number of nitrogens with one attached hydrogen (secondary N) is 1. The van der Waals surface area contributed by atoms with Gasteiger partial charge in [0.2, 0.25) is 10.1 Å². The van der Waals surface area contributed by atoms with Gasteiger partial charge in [-0.1, -0.05) is 25.2 Å². The van der Waals surface area contributed by atoms with E-state index in [1.807, 2.05) is 0 Å². The zero-order chi connectivity index (χ0) is 13.3. The minimum atomic E-state index is -4.40. The molecule has 1 aromatic heterocycles. The lowest BCUT2D eigenvalue weighted by molar-refractivity contribution is -0.138. The molecular formula is C11H16F3N3S. The van der Waals surface area contributed by atoms with E-state index < -0.39 is 11.2 Å². The third-order valence-electron chi connectivity index (χ3n) is 3.17. The Morgan fingerprint density at radius 1 is 1.11 bits per heavy atom. The van der Waals surface area contributed by atoms with Crippen LogP contribution in [0.1, 0.15) is 38.1 Å². The topological polar surface area (TPSA) is 37.8 Å². The zero-order valence-corrected chi connectivity index (χ0v) is 11.1. The Hall–Kier alpha value is -0.850. The van der Waals surface area contributed by atoms with E-state index in [9.17, 15) is 13.2 Å². The summed E-state index contributed by atoms with van der Waals surface area (Å²) < 4.78 is 37.2. The Morgan fingerprint density at radius 3 is 2.22 bits per heavy atom. The van der Waals surface area contributed by atoms with Gasteiger partial charge >= 0.3 is 6.18 Å². The van der Waals surface area contributed by atoms with Crippen LogP contribution in [0.2, 0.25) is 0 Å². The van der Waals surface area contributed by atoms with Crippen LogP contribution in [0.3, 0.4) is 0 Å². The molecule has 2 unspecified atom stereocenters.